The normalized spacial score (nSPS) is 11.0. The third kappa shape index (κ3) is 6.30. The van der Waals surface area contributed by atoms with Crippen molar-refractivity contribution in [2.24, 2.45) is 0 Å². The molecule has 0 unspecified atom stereocenters. The first-order chi connectivity index (χ1) is 11.8. The predicted molar refractivity (Wildman–Crippen MR) is 105 cm³/mol. The Morgan fingerprint density at radius 1 is 0.962 bits per heavy atom. The fourth-order valence-electron chi connectivity index (χ4n) is 1.73. The average molecular weight is 581 g/mol. The van der Waals surface area contributed by atoms with E-state index in [2.05, 4.69) is 58.4 Å². The standard InChI is InChI=1S/C13H13Br3N2O7S/c1-5(19)17-11-8(14)7(13(21)25-3-4-26(22,23)24)9(15)12(10(11)16)18-6(2)20/h3-4H2,1-2H3,(H,17,19)(H,18,20)(H,22,23,24). The van der Waals surface area contributed by atoms with Crippen LogP contribution in [0.4, 0.5) is 11.4 Å². The maximum Gasteiger partial charge on any atom is 0.340 e. The van der Waals surface area contributed by atoms with Crippen molar-refractivity contribution in [3.8, 4) is 0 Å². The summed E-state index contributed by atoms with van der Waals surface area (Å²) in [5.74, 6) is -2.60. The maximum absolute atomic E-state index is 12.4. The van der Waals surface area contributed by atoms with Gasteiger partial charge in [-0.3, -0.25) is 14.1 Å². The van der Waals surface area contributed by atoms with Crippen LogP contribution >= 0.6 is 47.8 Å². The van der Waals surface area contributed by atoms with Crippen LogP contribution in [0.15, 0.2) is 13.4 Å². The molecule has 0 heterocycles. The fourth-order valence-corrected chi connectivity index (χ4v) is 4.73. The lowest BCUT2D eigenvalue weighted by Gasteiger charge is -2.18. The van der Waals surface area contributed by atoms with Crippen molar-refractivity contribution >= 4 is 87.1 Å². The molecule has 2 amide bonds. The average Bonchev–Trinajstić information content (AvgIpc) is 2.46. The third-order valence-corrected chi connectivity index (χ3v) is 5.76. The number of nitrogens with one attached hydrogen (secondary N) is 2. The summed E-state index contributed by atoms with van der Waals surface area (Å²) in [5.41, 5.74) is 0.216. The Morgan fingerprint density at radius 2 is 1.38 bits per heavy atom. The summed E-state index contributed by atoms with van der Waals surface area (Å²) >= 11 is 9.62. The number of benzene rings is 1. The van der Waals surface area contributed by atoms with Crippen LogP contribution < -0.4 is 10.6 Å². The number of rotatable bonds is 6. The van der Waals surface area contributed by atoms with Crippen molar-refractivity contribution in [2.75, 3.05) is 23.0 Å². The number of amides is 2. The predicted octanol–water partition coefficient (Wildman–Crippen LogP) is 2.94. The fraction of sp³-hybridized carbons (Fsp3) is 0.308. The highest BCUT2D eigenvalue weighted by atomic mass is 79.9. The lowest BCUT2D eigenvalue weighted by Crippen LogP contribution is -2.18. The van der Waals surface area contributed by atoms with Crippen molar-refractivity contribution in [2.45, 2.75) is 13.8 Å². The largest absolute Gasteiger partial charge is 0.461 e. The van der Waals surface area contributed by atoms with Crippen LogP contribution in [0.2, 0.25) is 0 Å². The van der Waals surface area contributed by atoms with Crippen molar-refractivity contribution in [1.29, 1.82) is 0 Å². The Hall–Kier alpha value is -1.02. The van der Waals surface area contributed by atoms with E-state index in [4.69, 9.17) is 9.29 Å². The molecule has 0 spiro atoms. The second kappa shape index (κ2) is 9.26. The van der Waals surface area contributed by atoms with Gasteiger partial charge in [0, 0.05) is 13.8 Å². The van der Waals surface area contributed by atoms with E-state index < -0.39 is 40.3 Å². The summed E-state index contributed by atoms with van der Waals surface area (Å²) in [6.07, 6.45) is 0. The number of carbonyl (C=O) groups is 3. The molecule has 0 aliphatic heterocycles. The van der Waals surface area contributed by atoms with Crippen LogP contribution in [0.3, 0.4) is 0 Å². The van der Waals surface area contributed by atoms with Gasteiger partial charge in [0.1, 0.15) is 12.4 Å². The van der Waals surface area contributed by atoms with E-state index in [9.17, 15) is 22.8 Å². The number of esters is 1. The Labute approximate surface area is 174 Å². The molecule has 1 rings (SSSR count). The van der Waals surface area contributed by atoms with Crippen LogP contribution in [0.5, 0.6) is 0 Å². The monoisotopic (exact) mass is 578 g/mol. The second-order valence-corrected chi connectivity index (χ2v) is 8.80. The maximum atomic E-state index is 12.4. The number of ether oxygens (including phenoxy) is 1. The molecule has 3 N–H and O–H groups in total. The van der Waals surface area contributed by atoms with Gasteiger partial charge >= 0.3 is 5.97 Å². The molecule has 0 aliphatic carbocycles. The molecule has 144 valence electrons. The molecule has 0 radical (unpaired) electrons. The van der Waals surface area contributed by atoms with E-state index in [0.29, 0.717) is 0 Å². The molecular weight excluding hydrogens is 568 g/mol. The van der Waals surface area contributed by atoms with Gasteiger partial charge < -0.3 is 15.4 Å². The van der Waals surface area contributed by atoms with E-state index in [-0.39, 0.29) is 30.4 Å². The first kappa shape index (κ1) is 23.0. The zero-order chi connectivity index (χ0) is 20.2. The molecule has 13 heteroatoms. The molecule has 0 aliphatic rings. The van der Waals surface area contributed by atoms with Crippen LogP contribution in [0.1, 0.15) is 24.2 Å². The number of carbonyl (C=O) groups excluding carboxylic acids is 3. The Bertz CT molecular complexity index is 828. The molecule has 26 heavy (non-hydrogen) atoms. The minimum Gasteiger partial charge on any atom is -0.461 e. The van der Waals surface area contributed by atoms with Gasteiger partial charge in [-0.1, -0.05) is 0 Å². The Morgan fingerprint density at radius 3 is 1.73 bits per heavy atom. The third-order valence-electron chi connectivity index (χ3n) is 2.70. The van der Waals surface area contributed by atoms with Gasteiger partial charge in [-0.25, -0.2) is 4.79 Å². The van der Waals surface area contributed by atoms with E-state index >= 15 is 0 Å². The summed E-state index contributed by atoms with van der Waals surface area (Å²) in [7, 11) is -4.30. The number of anilines is 2. The Kier molecular flexibility index (Phi) is 8.20. The zero-order valence-electron chi connectivity index (χ0n) is 13.4. The first-order valence-corrected chi connectivity index (χ1v) is 10.7. The minimum atomic E-state index is -4.30. The van der Waals surface area contributed by atoms with Gasteiger partial charge in [-0.2, -0.15) is 8.42 Å². The van der Waals surface area contributed by atoms with Gasteiger partial charge in [0.2, 0.25) is 11.8 Å². The quantitative estimate of drug-likeness (QED) is 0.347. The van der Waals surface area contributed by atoms with E-state index in [1.165, 1.54) is 13.8 Å². The van der Waals surface area contributed by atoms with Crippen molar-refractivity contribution in [3.05, 3.63) is 19.0 Å². The topological polar surface area (TPSA) is 139 Å². The summed E-state index contributed by atoms with van der Waals surface area (Å²) in [5, 5.41) is 5.02. The minimum absolute atomic E-state index is 0.101. The molecule has 1 aromatic carbocycles. The van der Waals surface area contributed by atoms with E-state index in [0.717, 1.165) is 0 Å². The highest BCUT2D eigenvalue weighted by Crippen LogP contribution is 2.45. The first-order valence-electron chi connectivity index (χ1n) is 6.73. The van der Waals surface area contributed by atoms with Gasteiger partial charge in [0.05, 0.1) is 30.4 Å². The van der Waals surface area contributed by atoms with Crippen LogP contribution in [-0.4, -0.2) is 43.1 Å². The summed E-state index contributed by atoms with van der Waals surface area (Å²) in [4.78, 5) is 35.2. The lowest BCUT2D eigenvalue weighted by atomic mass is 10.1. The van der Waals surface area contributed by atoms with Gasteiger partial charge in [0.15, 0.2) is 0 Å². The van der Waals surface area contributed by atoms with Crippen LogP contribution in [0.25, 0.3) is 0 Å². The van der Waals surface area contributed by atoms with E-state index in [1.54, 1.807) is 0 Å². The summed E-state index contributed by atoms with van der Waals surface area (Å²) < 4.78 is 35.5. The lowest BCUT2D eigenvalue weighted by molar-refractivity contribution is -0.115. The molecule has 0 saturated carbocycles. The summed E-state index contributed by atoms with van der Waals surface area (Å²) in [6, 6.07) is 0. The van der Waals surface area contributed by atoms with Gasteiger partial charge in [-0.15, -0.1) is 0 Å². The molecule has 0 fully saturated rings. The zero-order valence-corrected chi connectivity index (χ0v) is 18.9. The molecule has 0 saturated heterocycles. The van der Waals surface area contributed by atoms with Crippen molar-refractivity contribution in [1.82, 2.24) is 0 Å². The molecule has 0 atom stereocenters. The highest BCUT2D eigenvalue weighted by Gasteiger charge is 2.27. The smallest absolute Gasteiger partial charge is 0.340 e. The summed E-state index contributed by atoms with van der Waals surface area (Å²) in [6.45, 7) is 1.92. The van der Waals surface area contributed by atoms with Gasteiger partial charge in [0.25, 0.3) is 10.1 Å². The van der Waals surface area contributed by atoms with E-state index in [1.807, 2.05) is 0 Å². The van der Waals surface area contributed by atoms with Gasteiger partial charge in [-0.05, 0) is 47.8 Å². The molecular formula is C13H13Br3N2O7S. The molecule has 1 aromatic rings. The molecule has 0 bridgehead atoms. The van der Waals surface area contributed by atoms with Crippen molar-refractivity contribution in [3.63, 3.8) is 0 Å². The molecule has 0 aromatic heterocycles. The molecule has 9 nitrogen and oxygen atoms in total. The Balaban J connectivity index is 3.42. The van der Waals surface area contributed by atoms with Crippen molar-refractivity contribution < 1.29 is 32.1 Å². The number of hydrogen-bond acceptors (Lipinski definition) is 6. The number of hydrogen-bond donors (Lipinski definition) is 3. The number of halogens is 3. The van der Waals surface area contributed by atoms with Crippen LogP contribution in [-0.2, 0) is 24.4 Å². The SMILES string of the molecule is CC(=O)Nc1c(Br)c(NC(C)=O)c(Br)c(C(=O)OCCS(=O)(=O)O)c1Br. The second-order valence-electron chi connectivity index (χ2n) is 4.85. The van der Waals surface area contributed by atoms with Crippen LogP contribution in [0, 0.1) is 0 Å². The highest BCUT2D eigenvalue weighted by molar-refractivity contribution is 9.12.